The van der Waals surface area contributed by atoms with Gasteiger partial charge in [-0.25, -0.2) is 0 Å². The Balaban J connectivity index is 1.60. The number of carbonyl (C=O) groups is 7. The second-order valence-electron chi connectivity index (χ2n) is 16.1. The van der Waals surface area contributed by atoms with E-state index in [1.165, 1.54) is 23.1 Å². The van der Waals surface area contributed by atoms with Crippen molar-refractivity contribution in [3.63, 3.8) is 0 Å². The molecule has 26 heteroatoms. The smallest absolute Gasteiger partial charge is 0.296 e. The van der Waals surface area contributed by atoms with E-state index >= 15 is 0 Å². The fourth-order valence-corrected chi connectivity index (χ4v) is 7.03. The molecule has 0 saturated heterocycles. The highest BCUT2D eigenvalue weighted by Gasteiger charge is 2.33. The Bertz CT molecular complexity index is 2870. The lowest BCUT2D eigenvalue weighted by molar-refractivity contribution is -0.126. The van der Waals surface area contributed by atoms with Crippen LogP contribution in [-0.2, 0) is 9.53 Å². The van der Waals surface area contributed by atoms with Gasteiger partial charge in [0.1, 0.15) is 39.9 Å². The normalized spacial score (nSPS) is 11.4. The summed E-state index contributed by atoms with van der Waals surface area (Å²) >= 11 is 0. The van der Waals surface area contributed by atoms with Crippen LogP contribution in [0.15, 0.2) is 79.8 Å². The Hall–Kier alpha value is -8.39. The summed E-state index contributed by atoms with van der Waals surface area (Å²) in [5.41, 5.74) is -1.47. The minimum absolute atomic E-state index is 0.00466. The molecule has 382 valence electrons. The molecule has 1 atom stereocenters. The van der Waals surface area contributed by atoms with Crippen molar-refractivity contribution >= 4 is 41.1 Å². The van der Waals surface area contributed by atoms with E-state index in [-0.39, 0.29) is 115 Å². The Labute approximate surface area is 403 Å². The van der Waals surface area contributed by atoms with E-state index in [2.05, 4.69) is 16.0 Å². The third-order valence-corrected chi connectivity index (χ3v) is 10.7. The summed E-state index contributed by atoms with van der Waals surface area (Å²) in [4.78, 5) is 145. The number of carbonyl (C=O) groups excluding carboxylic acids is 7. The molecule has 0 aliphatic carbocycles. The standard InChI is InChI=1S/C45H56N10O16/c1-27(2)38(59)32-17-15-30(43(64)55(32)70)40(61)47-19-7-23-50(44(65)34-9-4-12-36(57)52(34)67)22-6-11-33(41(62)49-21-26-71-25-18-46)51(45(66)35-10-5-13-37(58)53(35)68)24-8-20-48-39(60)29-14-16-31(28(3)56)54(69)42(29)63/h4-5,9-10,12-17,27,33,67-70H,6-8,11,18-26,46H2,1-3H3,(H,47,61)(H,48,60)(H,49,62). The molecule has 1 unspecified atom stereocenters. The van der Waals surface area contributed by atoms with Crippen molar-refractivity contribution in [1.29, 1.82) is 0 Å². The van der Waals surface area contributed by atoms with Crippen LogP contribution in [0.5, 0.6) is 0 Å². The number of amides is 5. The topological polar surface area (TPSA) is 366 Å². The zero-order valence-electron chi connectivity index (χ0n) is 39.1. The Morgan fingerprint density at radius 2 is 1.11 bits per heavy atom. The molecule has 4 aromatic heterocycles. The third-order valence-electron chi connectivity index (χ3n) is 10.7. The van der Waals surface area contributed by atoms with Gasteiger partial charge in [-0.3, -0.25) is 52.7 Å². The van der Waals surface area contributed by atoms with Crippen LogP contribution in [0.25, 0.3) is 0 Å². The monoisotopic (exact) mass is 992 g/mol. The molecule has 0 aliphatic rings. The highest BCUT2D eigenvalue weighted by Crippen LogP contribution is 2.16. The number of Topliss-reactive ketones (excluding diaryl/α,β-unsaturated/α-hetero) is 2. The lowest BCUT2D eigenvalue weighted by Gasteiger charge is -2.32. The van der Waals surface area contributed by atoms with E-state index in [1.807, 2.05) is 0 Å². The van der Waals surface area contributed by atoms with E-state index in [1.54, 1.807) is 13.8 Å². The second-order valence-corrected chi connectivity index (χ2v) is 16.1. The van der Waals surface area contributed by atoms with Gasteiger partial charge >= 0.3 is 0 Å². The van der Waals surface area contributed by atoms with E-state index in [4.69, 9.17) is 10.5 Å². The summed E-state index contributed by atoms with van der Waals surface area (Å²) in [6.45, 7) is 3.34. The molecule has 0 saturated carbocycles. The van der Waals surface area contributed by atoms with Gasteiger partial charge in [-0.1, -0.05) is 26.0 Å². The Kier molecular flexibility index (Phi) is 20.1. The lowest BCUT2D eigenvalue weighted by Crippen LogP contribution is -2.52. The van der Waals surface area contributed by atoms with E-state index < -0.39 is 97.8 Å². The lowest BCUT2D eigenvalue weighted by atomic mass is 10.1. The van der Waals surface area contributed by atoms with Gasteiger partial charge in [-0.15, -0.1) is 18.9 Å². The minimum atomic E-state index is -1.44. The number of ketones is 2. The summed E-state index contributed by atoms with van der Waals surface area (Å²) in [6, 6.07) is 9.57. The van der Waals surface area contributed by atoms with Crippen LogP contribution in [0.4, 0.5) is 0 Å². The molecular formula is C45H56N10O16. The van der Waals surface area contributed by atoms with Crippen molar-refractivity contribution in [3.05, 3.63) is 136 Å². The summed E-state index contributed by atoms with van der Waals surface area (Å²) in [5, 5.41) is 49.2. The summed E-state index contributed by atoms with van der Waals surface area (Å²) in [6.07, 6.45) is -0.453. The average Bonchev–Trinajstić information content (AvgIpc) is 3.33. The maximum atomic E-state index is 14.3. The van der Waals surface area contributed by atoms with Crippen molar-refractivity contribution in [2.24, 2.45) is 11.7 Å². The maximum absolute atomic E-state index is 14.3. The SMILES string of the molecule is CC(=O)c1ccc(C(=O)NCCCN(C(=O)c2cccc(=O)n2O)C(CCCN(CCCNC(=O)c2ccc(C(=O)C(C)C)n(O)c2=O)C(=O)c2cccc(=O)n2O)C(=O)NCCOCCN)c(=O)n1O. The summed E-state index contributed by atoms with van der Waals surface area (Å²) < 4.78 is 5.68. The van der Waals surface area contributed by atoms with Crippen LogP contribution in [-0.4, -0.2) is 156 Å². The first kappa shape index (κ1) is 55.2. The quantitative estimate of drug-likeness (QED) is 0.0208. The molecule has 0 spiro atoms. The third kappa shape index (κ3) is 14.1. The molecule has 0 aromatic carbocycles. The highest BCUT2D eigenvalue weighted by molar-refractivity contribution is 5.99. The molecule has 4 heterocycles. The molecule has 4 aromatic rings. The van der Waals surface area contributed by atoms with E-state index in [9.17, 15) is 73.6 Å². The first-order chi connectivity index (χ1) is 33.7. The number of hydrogen-bond acceptors (Lipinski definition) is 17. The number of nitrogens with two attached hydrogens (primary N) is 1. The number of nitrogens with zero attached hydrogens (tertiary/aromatic N) is 6. The van der Waals surface area contributed by atoms with Gasteiger partial charge in [0.05, 0.1) is 13.2 Å². The van der Waals surface area contributed by atoms with Gasteiger partial charge in [-0.2, -0.15) is 0 Å². The van der Waals surface area contributed by atoms with Gasteiger partial charge in [0.25, 0.3) is 45.9 Å². The number of ether oxygens (including phenoxy) is 1. The van der Waals surface area contributed by atoms with Crippen LogP contribution in [0, 0.1) is 5.92 Å². The molecule has 0 fully saturated rings. The average molecular weight is 993 g/mol. The van der Waals surface area contributed by atoms with Crippen LogP contribution in [0.2, 0.25) is 0 Å². The largest absolute Gasteiger partial charge is 0.425 e. The minimum Gasteiger partial charge on any atom is -0.425 e. The Morgan fingerprint density at radius 3 is 1.65 bits per heavy atom. The fraction of sp³-hybridized carbons (Fsp3) is 0.400. The van der Waals surface area contributed by atoms with Crippen LogP contribution in [0.1, 0.15) is 109 Å². The molecule has 0 bridgehead atoms. The number of hydrogen-bond donors (Lipinski definition) is 8. The van der Waals surface area contributed by atoms with Gasteiger partial charge < -0.3 is 57.0 Å². The zero-order valence-corrected chi connectivity index (χ0v) is 39.1. The summed E-state index contributed by atoms with van der Waals surface area (Å²) in [7, 11) is 0. The van der Waals surface area contributed by atoms with Gasteiger partial charge in [0, 0.05) is 70.8 Å². The molecule has 5 amide bonds. The molecule has 9 N–H and O–H groups in total. The molecule has 4 rings (SSSR count). The number of nitrogens with one attached hydrogen (secondary N) is 3. The predicted octanol–water partition coefficient (Wildman–Crippen LogP) is -1.21. The summed E-state index contributed by atoms with van der Waals surface area (Å²) in [5.74, 6) is -6.27. The molecule has 71 heavy (non-hydrogen) atoms. The number of rotatable bonds is 26. The maximum Gasteiger partial charge on any atom is 0.296 e. The van der Waals surface area contributed by atoms with Crippen molar-refractivity contribution in [1.82, 2.24) is 44.7 Å². The predicted molar refractivity (Wildman–Crippen MR) is 247 cm³/mol. The van der Waals surface area contributed by atoms with Gasteiger partial charge in [0.2, 0.25) is 5.91 Å². The van der Waals surface area contributed by atoms with Gasteiger partial charge in [0.15, 0.2) is 11.6 Å². The molecule has 26 nitrogen and oxygen atoms in total. The van der Waals surface area contributed by atoms with Crippen LogP contribution < -0.4 is 43.9 Å². The molecule has 0 aliphatic heterocycles. The van der Waals surface area contributed by atoms with Crippen LogP contribution in [0.3, 0.4) is 0 Å². The van der Waals surface area contributed by atoms with Crippen LogP contribution >= 0.6 is 0 Å². The highest BCUT2D eigenvalue weighted by atomic mass is 16.5. The molecule has 0 radical (unpaired) electrons. The van der Waals surface area contributed by atoms with Crippen molar-refractivity contribution in [2.45, 2.75) is 52.5 Å². The van der Waals surface area contributed by atoms with E-state index in [0.717, 1.165) is 54.3 Å². The zero-order chi connectivity index (χ0) is 52.5. The Morgan fingerprint density at radius 1 is 0.606 bits per heavy atom. The van der Waals surface area contributed by atoms with E-state index in [0.29, 0.717) is 0 Å². The number of pyridine rings is 4. The van der Waals surface area contributed by atoms with Crippen molar-refractivity contribution < 1.29 is 59.1 Å². The molecular weight excluding hydrogens is 937 g/mol. The van der Waals surface area contributed by atoms with Crippen molar-refractivity contribution in [2.75, 3.05) is 59.0 Å². The second kappa shape index (κ2) is 25.8. The number of aromatic nitrogens is 4. The first-order valence-corrected chi connectivity index (χ1v) is 22.2. The van der Waals surface area contributed by atoms with Gasteiger partial charge in [-0.05, 0) is 62.1 Å². The first-order valence-electron chi connectivity index (χ1n) is 22.2. The fourth-order valence-electron chi connectivity index (χ4n) is 7.03. The van der Waals surface area contributed by atoms with Crippen molar-refractivity contribution in [3.8, 4) is 0 Å².